The van der Waals surface area contributed by atoms with Gasteiger partial charge in [-0.15, -0.1) is 0 Å². The zero-order valence-electron chi connectivity index (χ0n) is 12.1. The molecule has 0 aliphatic heterocycles. The largest absolute Gasteiger partial charge is 0.280 e. The Balaban J connectivity index is 2.18. The van der Waals surface area contributed by atoms with Crippen molar-refractivity contribution in [1.82, 2.24) is 0 Å². The number of anilines is 1. The van der Waals surface area contributed by atoms with Gasteiger partial charge < -0.3 is 0 Å². The maximum Gasteiger partial charge on any atom is 0.269 e. The van der Waals surface area contributed by atoms with Crippen LogP contribution in [0.3, 0.4) is 0 Å². The molecule has 11 heteroatoms. The van der Waals surface area contributed by atoms with Crippen LogP contribution >= 0.6 is 0 Å². The minimum Gasteiger partial charge on any atom is -0.280 e. The van der Waals surface area contributed by atoms with E-state index in [0.29, 0.717) is 5.56 Å². The quantitative estimate of drug-likeness (QED) is 0.575. The molecule has 0 heterocycles. The second-order valence-electron chi connectivity index (χ2n) is 4.86. The number of nitro benzene ring substituents is 1. The van der Waals surface area contributed by atoms with Crippen LogP contribution in [0.15, 0.2) is 53.4 Å². The molecule has 9 nitrogen and oxygen atoms in total. The first-order chi connectivity index (χ1) is 11.1. The van der Waals surface area contributed by atoms with Gasteiger partial charge in [0.25, 0.3) is 15.7 Å². The van der Waals surface area contributed by atoms with E-state index in [4.69, 9.17) is 5.14 Å². The summed E-state index contributed by atoms with van der Waals surface area (Å²) in [5.74, 6) is -0.359. The third kappa shape index (κ3) is 4.75. The van der Waals surface area contributed by atoms with Crippen molar-refractivity contribution >= 4 is 31.4 Å². The van der Waals surface area contributed by atoms with E-state index in [2.05, 4.69) is 4.72 Å². The number of hydrogen-bond acceptors (Lipinski definition) is 6. The number of nitro groups is 1. The van der Waals surface area contributed by atoms with Crippen molar-refractivity contribution in [2.45, 2.75) is 10.6 Å². The van der Waals surface area contributed by atoms with Crippen LogP contribution in [0.1, 0.15) is 5.56 Å². The minimum absolute atomic E-state index is 0.137. The number of hydrogen-bond donors (Lipinski definition) is 2. The van der Waals surface area contributed by atoms with E-state index in [1.807, 2.05) is 0 Å². The Kier molecular flexibility index (Phi) is 4.87. The Morgan fingerprint density at radius 3 is 1.96 bits per heavy atom. The van der Waals surface area contributed by atoms with Gasteiger partial charge in [-0.1, -0.05) is 12.1 Å². The number of rotatable bonds is 6. The van der Waals surface area contributed by atoms with Crippen LogP contribution in [0.5, 0.6) is 0 Å². The highest BCUT2D eigenvalue weighted by Crippen LogP contribution is 2.19. The van der Waals surface area contributed by atoms with Crippen molar-refractivity contribution in [3.05, 3.63) is 64.2 Å². The number of nitrogens with zero attached hydrogens (tertiary/aromatic N) is 1. The van der Waals surface area contributed by atoms with Crippen LogP contribution < -0.4 is 9.86 Å². The van der Waals surface area contributed by atoms with Gasteiger partial charge in [0.05, 0.1) is 15.6 Å². The average molecular weight is 371 g/mol. The molecular formula is C13H13N3O6S2. The van der Waals surface area contributed by atoms with Crippen molar-refractivity contribution in [2.24, 2.45) is 5.14 Å². The Bertz CT molecular complexity index is 952. The first kappa shape index (κ1) is 17.8. The summed E-state index contributed by atoms with van der Waals surface area (Å²) < 4.78 is 48.7. The monoisotopic (exact) mass is 371 g/mol. The summed E-state index contributed by atoms with van der Waals surface area (Å²) in [6.45, 7) is 0. The van der Waals surface area contributed by atoms with Crippen molar-refractivity contribution in [3.8, 4) is 0 Å². The molecule has 0 fully saturated rings. The molecule has 3 N–H and O–H groups in total. The van der Waals surface area contributed by atoms with Crippen LogP contribution in [-0.2, 0) is 25.8 Å². The van der Waals surface area contributed by atoms with Gasteiger partial charge >= 0.3 is 0 Å². The van der Waals surface area contributed by atoms with Crippen molar-refractivity contribution < 1.29 is 21.8 Å². The second-order valence-corrected chi connectivity index (χ2v) is 8.16. The van der Waals surface area contributed by atoms with E-state index in [1.54, 1.807) is 0 Å². The van der Waals surface area contributed by atoms with E-state index in [0.717, 1.165) is 24.3 Å². The van der Waals surface area contributed by atoms with Gasteiger partial charge in [-0.05, 0) is 29.8 Å². The smallest absolute Gasteiger partial charge is 0.269 e. The Morgan fingerprint density at radius 1 is 0.958 bits per heavy atom. The third-order valence-electron chi connectivity index (χ3n) is 2.93. The predicted molar refractivity (Wildman–Crippen MR) is 87.2 cm³/mol. The molecule has 0 saturated heterocycles. The standard InChI is InChI=1S/C13H13N3O6S2/c14-23(19,20)9-10-1-3-11(4-2-10)15-24(21,22)13-7-5-12(6-8-13)16(17)18/h1-8,15H,9H2,(H2,14,19,20). The van der Waals surface area contributed by atoms with E-state index in [1.165, 1.54) is 24.3 Å². The zero-order valence-corrected chi connectivity index (χ0v) is 13.7. The van der Waals surface area contributed by atoms with Crippen LogP contribution in [-0.4, -0.2) is 21.8 Å². The molecule has 0 radical (unpaired) electrons. The zero-order chi connectivity index (χ0) is 18.0. The predicted octanol–water partition coefficient (Wildman–Crippen LogP) is 1.18. The van der Waals surface area contributed by atoms with Gasteiger partial charge in [-0.2, -0.15) is 0 Å². The van der Waals surface area contributed by atoms with Gasteiger partial charge in [-0.3, -0.25) is 14.8 Å². The number of benzene rings is 2. The van der Waals surface area contributed by atoms with Crippen LogP contribution in [0.25, 0.3) is 0 Å². The Morgan fingerprint density at radius 2 is 1.50 bits per heavy atom. The lowest BCUT2D eigenvalue weighted by Crippen LogP contribution is -2.15. The van der Waals surface area contributed by atoms with Gasteiger partial charge in [0, 0.05) is 17.8 Å². The lowest BCUT2D eigenvalue weighted by molar-refractivity contribution is -0.384. The van der Waals surface area contributed by atoms with Gasteiger partial charge in [0.1, 0.15) is 0 Å². The van der Waals surface area contributed by atoms with Gasteiger partial charge in [0.15, 0.2) is 0 Å². The number of nitrogens with two attached hydrogens (primary N) is 1. The highest BCUT2D eigenvalue weighted by Gasteiger charge is 2.16. The highest BCUT2D eigenvalue weighted by molar-refractivity contribution is 7.92. The van der Waals surface area contributed by atoms with E-state index >= 15 is 0 Å². The molecule has 0 aliphatic carbocycles. The van der Waals surface area contributed by atoms with Crippen molar-refractivity contribution in [2.75, 3.05) is 4.72 Å². The lowest BCUT2D eigenvalue weighted by Gasteiger charge is -2.08. The number of nitrogens with one attached hydrogen (secondary N) is 1. The fourth-order valence-electron chi connectivity index (χ4n) is 1.86. The van der Waals surface area contributed by atoms with Gasteiger partial charge in [0.2, 0.25) is 10.0 Å². The minimum atomic E-state index is -3.92. The SMILES string of the molecule is NS(=O)(=O)Cc1ccc(NS(=O)(=O)c2ccc([N+](=O)[O-])cc2)cc1. The summed E-state index contributed by atoms with van der Waals surface area (Å²) in [4.78, 5) is 9.80. The maximum absolute atomic E-state index is 12.2. The molecule has 2 aromatic carbocycles. The van der Waals surface area contributed by atoms with Crippen molar-refractivity contribution in [1.29, 1.82) is 0 Å². The number of primary sulfonamides is 1. The summed E-state index contributed by atoms with van der Waals surface area (Å²) >= 11 is 0. The summed E-state index contributed by atoms with van der Waals surface area (Å²) in [6.07, 6.45) is 0. The molecule has 0 unspecified atom stereocenters. The molecular weight excluding hydrogens is 358 g/mol. The lowest BCUT2D eigenvalue weighted by atomic mass is 10.2. The number of sulfonamides is 2. The highest BCUT2D eigenvalue weighted by atomic mass is 32.2. The van der Waals surface area contributed by atoms with Crippen molar-refractivity contribution in [3.63, 3.8) is 0 Å². The molecule has 2 aromatic rings. The van der Waals surface area contributed by atoms with E-state index in [-0.39, 0.29) is 22.0 Å². The molecule has 0 aromatic heterocycles. The fraction of sp³-hybridized carbons (Fsp3) is 0.0769. The molecule has 0 bridgehead atoms. The summed E-state index contributed by atoms with van der Waals surface area (Å²) in [5, 5.41) is 15.5. The molecule has 0 amide bonds. The second kappa shape index (κ2) is 6.55. The Hall–Kier alpha value is -2.50. The molecule has 24 heavy (non-hydrogen) atoms. The van der Waals surface area contributed by atoms with E-state index < -0.39 is 25.0 Å². The van der Waals surface area contributed by atoms with Crippen LogP contribution in [0.2, 0.25) is 0 Å². The van der Waals surface area contributed by atoms with E-state index in [9.17, 15) is 26.9 Å². The van der Waals surface area contributed by atoms with Gasteiger partial charge in [-0.25, -0.2) is 22.0 Å². The fourth-order valence-corrected chi connectivity index (χ4v) is 3.58. The molecule has 0 atom stereocenters. The third-order valence-corrected chi connectivity index (χ3v) is 5.06. The summed E-state index contributed by atoms with van der Waals surface area (Å²) in [7, 11) is -7.59. The summed E-state index contributed by atoms with van der Waals surface area (Å²) in [5.41, 5.74) is 0.406. The first-order valence-corrected chi connectivity index (χ1v) is 9.63. The molecule has 0 spiro atoms. The van der Waals surface area contributed by atoms with Crippen LogP contribution in [0.4, 0.5) is 11.4 Å². The number of non-ortho nitro benzene ring substituents is 1. The normalized spacial score (nSPS) is 11.9. The van der Waals surface area contributed by atoms with Crippen LogP contribution in [0, 0.1) is 10.1 Å². The maximum atomic E-state index is 12.2. The summed E-state index contributed by atoms with van der Waals surface area (Å²) in [6, 6.07) is 10.1. The topological polar surface area (TPSA) is 149 Å². The molecule has 2 rings (SSSR count). The average Bonchev–Trinajstić information content (AvgIpc) is 2.47. The Labute approximate surface area is 138 Å². The molecule has 128 valence electrons. The molecule has 0 saturated carbocycles. The first-order valence-electron chi connectivity index (χ1n) is 6.43. The molecule has 0 aliphatic rings.